The molecule has 0 radical (unpaired) electrons. The summed E-state index contributed by atoms with van der Waals surface area (Å²) in [6.45, 7) is 1.83. The van der Waals surface area contributed by atoms with Crippen LogP contribution in [-0.2, 0) is 4.79 Å². The number of nitro benzene ring substituents is 1. The quantitative estimate of drug-likeness (QED) is 0.479. The highest BCUT2D eigenvalue weighted by Gasteiger charge is 2.21. The first kappa shape index (κ1) is 19.2. The number of non-ortho nitro benzene ring substituents is 1. The van der Waals surface area contributed by atoms with E-state index < -0.39 is 16.9 Å². The number of hydrogen-bond donors (Lipinski definition) is 1. The number of amides is 1. The van der Waals surface area contributed by atoms with Crippen LogP contribution < -0.4 is 14.8 Å². The van der Waals surface area contributed by atoms with Crippen molar-refractivity contribution in [3.8, 4) is 11.5 Å². The summed E-state index contributed by atoms with van der Waals surface area (Å²) in [7, 11) is 1.43. The summed E-state index contributed by atoms with van der Waals surface area (Å²) in [4.78, 5) is 23.2. The van der Waals surface area contributed by atoms with Crippen LogP contribution in [0.3, 0.4) is 0 Å². The number of carbonyl (C=O) groups excluding carboxylic acids is 1. The molecule has 0 aliphatic heterocycles. The Balaban J connectivity index is 1.79. The summed E-state index contributed by atoms with van der Waals surface area (Å²) >= 11 is 0. The number of anilines is 1. The lowest BCUT2D eigenvalue weighted by Gasteiger charge is -2.18. The molecule has 0 spiro atoms. The van der Waals surface area contributed by atoms with E-state index >= 15 is 0 Å². The van der Waals surface area contributed by atoms with E-state index in [1.54, 1.807) is 0 Å². The van der Waals surface area contributed by atoms with Crippen molar-refractivity contribution in [2.24, 2.45) is 0 Å². The minimum absolute atomic E-state index is 0.139. The van der Waals surface area contributed by atoms with Gasteiger partial charge in [0.2, 0.25) is 0 Å². The van der Waals surface area contributed by atoms with Crippen LogP contribution in [0.1, 0.15) is 13.3 Å². The molecular weight excluding hydrogens is 360 g/mol. The van der Waals surface area contributed by atoms with E-state index in [0.29, 0.717) is 17.9 Å². The molecule has 1 atom stereocenters. The van der Waals surface area contributed by atoms with E-state index in [1.807, 2.05) is 49.4 Å². The smallest absolute Gasteiger partial charge is 0.271 e. The van der Waals surface area contributed by atoms with Crippen molar-refractivity contribution in [1.82, 2.24) is 0 Å². The number of rotatable bonds is 7. The number of hydrogen-bond acceptors (Lipinski definition) is 5. The van der Waals surface area contributed by atoms with E-state index in [2.05, 4.69) is 5.32 Å². The number of nitrogens with zero attached hydrogens (tertiary/aromatic N) is 1. The Morgan fingerprint density at radius 1 is 1.11 bits per heavy atom. The number of benzene rings is 3. The Morgan fingerprint density at radius 2 is 1.86 bits per heavy atom. The van der Waals surface area contributed by atoms with Crippen LogP contribution in [0.2, 0.25) is 0 Å². The molecule has 0 aliphatic carbocycles. The summed E-state index contributed by atoms with van der Waals surface area (Å²) < 4.78 is 11.1. The Hall–Kier alpha value is -3.61. The first-order chi connectivity index (χ1) is 13.5. The van der Waals surface area contributed by atoms with Gasteiger partial charge in [-0.25, -0.2) is 0 Å². The molecule has 0 saturated carbocycles. The van der Waals surface area contributed by atoms with Crippen molar-refractivity contribution in [2.45, 2.75) is 19.4 Å². The number of nitrogens with one attached hydrogen (secondary N) is 1. The van der Waals surface area contributed by atoms with Crippen molar-refractivity contribution in [3.05, 3.63) is 70.8 Å². The van der Waals surface area contributed by atoms with Gasteiger partial charge in [0.1, 0.15) is 11.5 Å². The second-order valence-electron chi connectivity index (χ2n) is 6.15. The number of ether oxygens (including phenoxy) is 2. The van der Waals surface area contributed by atoms with Gasteiger partial charge in [-0.15, -0.1) is 0 Å². The minimum Gasteiger partial charge on any atom is -0.495 e. The fourth-order valence-corrected chi connectivity index (χ4v) is 2.85. The van der Waals surface area contributed by atoms with Crippen LogP contribution in [0.25, 0.3) is 10.8 Å². The maximum Gasteiger partial charge on any atom is 0.271 e. The molecule has 1 N–H and O–H groups in total. The maximum absolute atomic E-state index is 12.7. The minimum atomic E-state index is -0.759. The fraction of sp³-hybridized carbons (Fsp3) is 0.190. The number of methoxy groups -OCH3 is 1. The van der Waals surface area contributed by atoms with Crippen molar-refractivity contribution < 1.29 is 19.2 Å². The Morgan fingerprint density at radius 3 is 2.54 bits per heavy atom. The molecule has 28 heavy (non-hydrogen) atoms. The first-order valence-electron chi connectivity index (χ1n) is 8.80. The summed E-state index contributed by atoms with van der Waals surface area (Å²) in [6.07, 6.45) is -0.333. The van der Waals surface area contributed by atoms with E-state index in [9.17, 15) is 14.9 Å². The molecule has 0 fully saturated rings. The van der Waals surface area contributed by atoms with Gasteiger partial charge in [-0.2, -0.15) is 0 Å². The van der Waals surface area contributed by atoms with Crippen molar-refractivity contribution >= 4 is 28.1 Å². The average molecular weight is 380 g/mol. The highest BCUT2D eigenvalue weighted by Crippen LogP contribution is 2.29. The van der Waals surface area contributed by atoms with Gasteiger partial charge in [0.25, 0.3) is 11.6 Å². The Labute approximate surface area is 162 Å². The van der Waals surface area contributed by atoms with Gasteiger partial charge < -0.3 is 14.8 Å². The summed E-state index contributed by atoms with van der Waals surface area (Å²) in [6, 6.07) is 17.5. The SMILES string of the molecule is CCC(Oc1ccc2ccccc2c1)C(=O)Nc1cc([N+](=O)[O-])ccc1OC. The largest absolute Gasteiger partial charge is 0.495 e. The molecule has 3 rings (SSSR count). The second-order valence-corrected chi connectivity index (χ2v) is 6.15. The predicted octanol–water partition coefficient (Wildman–Crippen LogP) is 4.55. The number of fused-ring (bicyclic) bond motifs is 1. The summed E-state index contributed by atoms with van der Waals surface area (Å²) in [5, 5.41) is 15.8. The molecule has 7 nitrogen and oxygen atoms in total. The van der Waals surface area contributed by atoms with Crippen LogP contribution >= 0.6 is 0 Å². The molecule has 0 aromatic heterocycles. The highest BCUT2D eigenvalue weighted by molar-refractivity contribution is 5.96. The number of nitro groups is 1. The highest BCUT2D eigenvalue weighted by atomic mass is 16.6. The molecular formula is C21H20N2O5. The molecule has 144 valence electrons. The maximum atomic E-state index is 12.7. The van der Waals surface area contributed by atoms with Crippen LogP contribution in [-0.4, -0.2) is 24.0 Å². The topological polar surface area (TPSA) is 90.7 Å². The molecule has 7 heteroatoms. The van der Waals surface area contributed by atoms with E-state index in [0.717, 1.165) is 10.8 Å². The monoisotopic (exact) mass is 380 g/mol. The standard InChI is InChI=1S/C21H20N2O5/c1-3-19(28-17-10-8-14-6-4-5-7-15(14)12-17)21(24)22-18-13-16(23(25)26)9-11-20(18)27-2/h4-13,19H,3H2,1-2H3,(H,22,24). The number of carbonyl (C=O) groups is 1. The molecule has 1 unspecified atom stereocenters. The molecule has 1 amide bonds. The summed E-state index contributed by atoms with van der Waals surface area (Å²) in [5.74, 6) is 0.501. The Bertz CT molecular complexity index is 1020. The molecule has 0 aliphatic rings. The van der Waals surface area contributed by atoms with E-state index in [-0.39, 0.29) is 11.4 Å². The zero-order chi connectivity index (χ0) is 20.1. The van der Waals surface area contributed by atoms with E-state index in [4.69, 9.17) is 9.47 Å². The molecule has 3 aromatic carbocycles. The van der Waals surface area contributed by atoms with Gasteiger partial charge in [-0.05, 0) is 35.4 Å². The fourth-order valence-electron chi connectivity index (χ4n) is 2.85. The van der Waals surface area contributed by atoms with Crippen LogP contribution in [0.5, 0.6) is 11.5 Å². The van der Waals surface area contributed by atoms with Crippen molar-refractivity contribution in [1.29, 1.82) is 0 Å². The first-order valence-corrected chi connectivity index (χ1v) is 8.80. The van der Waals surface area contributed by atoms with Crippen molar-refractivity contribution in [3.63, 3.8) is 0 Å². The lowest BCUT2D eigenvalue weighted by Crippen LogP contribution is -2.32. The van der Waals surface area contributed by atoms with Gasteiger partial charge in [-0.3, -0.25) is 14.9 Å². The van der Waals surface area contributed by atoms with E-state index in [1.165, 1.54) is 25.3 Å². The van der Waals surface area contributed by atoms with Gasteiger partial charge in [-0.1, -0.05) is 37.3 Å². The molecule has 0 bridgehead atoms. The average Bonchev–Trinajstić information content (AvgIpc) is 2.71. The van der Waals surface area contributed by atoms with Gasteiger partial charge >= 0.3 is 0 Å². The van der Waals surface area contributed by atoms with Crippen LogP contribution in [0, 0.1) is 10.1 Å². The second kappa shape index (κ2) is 8.39. The predicted molar refractivity (Wildman–Crippen MR) is 107 cm³/mol. The third-order valence-electron chi connectivity index (χ3n) is 4.31. The normalized spacial score (nSPS) is 11.6. The molecule has 3 aromatic rings. The molecule has 0 saturated heterocycles. The van der Waals surface area contributed by atoms with Crippen LogP contribution in [0.15, 0.2) is 60.7 Å². The molecule has 0 heterocycles. The zero-order valence-electron chi connectivity index (χ0n) is 15.5. The third-order valence-corrected chi connectivity index (χ3v) is 4.31. The van der Waals surface area contributed by atoms with Gasteiger partial charge in [0.05, 0.1) is 17.7 Å². The lowest BCUT2D eigenvalue weighted by molar-refractivity contribution is -0.384. The third kappa shape index (κ3) is 4.20. The lowest BCUT2D eigenvalue weighted by atomic mass is 10.1. The van der Waals surface area contributed by atoms with Crippen molar-refractivity contribution in [2.75, 3.05) is 12.4 Å². The Kier molecular flexibility index (Phi) is 5.74. The summed E-state index contributed by atoms with van der Waals surface area (Å²) in [5.41, 5.74) is 0.0851. The zero-order valence-corrected chi connectivity index (χ0v) is 15.5. The van der Waals surface area contributed by atoms with Gasteiger partial charge in [0.15, 0.2) is 6.10 Å². The van der Waals surface area contributed by atoms with Gasteiger partial charge in [0, 0.05) is 12.1 Å². The van der Waals surface area contributed by atoms with Crippen LogP contribution in [0.4, 0.5) is 11.4 Å².